The Morgan fingerprint density at radius 3 is 2.80 bits per heavy atom. The normalized spacial score (nSPS) is 33.7. The molecule has 2 atom stereocenters. The summed E-state index contributed by atoms with van der Waals surface area (Å²) in [6.45, 7) is 0.229. The summed E-state index contributed by atoms with van der Waals surface area (Å²) >= 11 is 6.95. The molecule has 0 spiro atoms. The van der Waals surface area contributed by atoms with E-state index in [1.54, 1.807) is 0 Å². The van der Waals surface area contributed by atoms with Gasteiger partial charge in [0.05, 0.1) is 6.61 Å². The van der Waals surface area contributed by atoms with E-state index in [1.807, 2.05) is 0 Å². The SMILES string of the molecule is OCC1C(Br)=CCCC1Br. The standard InChI is InChI=1S/C7H10Br2O/c8-6-2-1-3-7(9)5(6)4-10/h2,5,7,10H,1,3-4H2. The number of alkyl halides is 1. The zero-order chi connectivity index (χ0) is 7.56. The van der Waals surface area contributed by atoms with Crippen LogP contribution in [-0.2, 0) is 0 Å². The Hall–Kier alpha value is 0.660. The minimum Gasteiger partial charge on any atom is -0.396 e. The molecule has 2 unspecified atom stereocenters. The van der Waals surface area contributed by atoms with Gasteiger partial charge < -0.3 is 5.11 Å². The molecule has 1 N–H and O–H groups in total. The molecular weight excluding hydrogens is 260 g/mol. The molecule has 1 aliphatic rings. The van der Waals surface area contributed by atoms with Crippen molar-refractivity contribution >= 4 is 31.9 Å². The molecule has 0 aromatic carbocycles. The molecular formula is C7H10Br2O. The molecule has 0 saturated carbocycles. The van der Waals surface area contributed by atoms with Gasteiger partial charge in [0.1, 0.15) is 0 Å². The highest BCUT2D eigenvalue weighted by atomic mass is 79.9. The van der Waals surface area contributed by atoms with Crippen molar-refractivity contribution in [2.24, 2.45) is 5.92 Å². The molecule has 0 fully saturated rings. The maximum atomic E-state index is 8.93. The fourth-order valence-electron chi connectivity index (χ4n) is 1.11. The molecule has 1 aliphatic carbocycles. The van der Waals surface area contributed by atoms with E-state index in [9.17, 15) is 0 Å². The van der Waals surface area contributed by atoms with Crippen LogP contribution in [0.4, 0.5) is 0 Å². The summed E-state index contributed by atoms with van der Waals surface area (Å²) in [5.74, 6) is 0.272. The van der Waals surface area contributed by atoms with E-state index in [0.29, 0.717) is 4.83 Å². The van der Waals surface area contributed by atoms with Crippen molar-refractivity contribution in [3.8, 4) is 0 Å². The van der Waals surface area contributed by atoms with E-state index in [1.165, 1.54) is 0 Å². The van der Waals surface area contributed by atoms with Gasteiger partial charge >= 0.3 is 0 Å². The van der Waals surface area contributed by atoms with Crippen molar-refractivity contribution in [2.45, 2.75) is 17.7 Å². The van der Waals surface area contributed by atoms with Crippen molar-refractivity contribution in [3.05, 3.63) is 10.6 Å². The Morgan fingerprint density at radius 2 is 2.40 bits per heavy atom. The lowest BCUT2D eigenvalue weighted by atomic mass is 9.97. The van der Waals surface area contributed by atoms with Gasteiger partial charge in [-0.05, 0) is 17.3 Å². The number of aliphatic hydroxyl groups is 1. The number of hydrogen-bond donors (Lipinski definition) is 1. The maximum Gasteiger partial charge on any atom is 0.0515 e. The third-order valence-electron chi connectivity index (χ3n) is 1.77. The van der Waals surface area contributed by atoms with Crippen LogP contribution in [0.2, 0.25) is 0 Å². The highest BCUT2D eigenvalue weighted by Gasteiger charge is 2.23. The first kappa shape index (κ1) is 8.75. The fourth-order valence-corrected chi connectivity index (χ4v) is 2.87. The van der Waals surface area contributed by atoms with Gasteiger partial charge in [-0.25, -0.2) is 0 Å². The zero-order valence-electron chi connectivity index (χ0n) is 5.56. The summed E-state index contributed by atoms with van der Waals surface area (Å²) in [7, 11) is 0. The average molecular weight is 270 g/mol. The molecule has 1 rings (SSSR count). The Balaban J connectivity index is 2.63. The summed E-state index contributed by atoms with van der Waals surface area (Å²) in [6, 6.07) is 0. The largest absolute Gasteiger partial charge is 0.396 e. The van der Waals surface area contributed by atoms with Gasteiger partial charge in [-0.2, -0.15) is 0 Å². The lowest BCUT2D eigenvalue weighted by Crippen LogP contribution is -2.21. The molecule has 0 aromatic rings. The van der Waals surface area contributed by atoms with Crippen molar-refractivity contribution in [3.63, 3.8) is 0 Å². The van der Waals surface area contributed by atoms with Crippen LogP contribution in [0.3, 0.4) is 0 Å². The lowest BCUT2D eigenvalue weighted by Gasteiger charge is -2.23. The van der Waals surface area contributed by atoms with Crippen LogP contribution in [0.15, 0.2) is 10.6 Å². The summed E-state index contributed by atoms with van der Waals surface area (Å²) in [5.41, 5.74) is 0. The first-order chi connectivity index (χ1) is 4.75. The third kappa shape index (κ3) is 1.83. The lowest BCUT2D eigenvalue weighted by molar-refractivity contribution is 0.244. The third-order valence-corrected chi connectivity index (χ3v) is 3.78. The van der Waals surface area contributed by atoms with Crippen molar-refractivity contribution < 1.29 is 5.11 Å². The van der Waals surface area contributed by atoms with Gasteiger partial charge in [0, 0.05) is 10.7 Å². The molecule has 0 saturated heterocycles. The van der Waals surface area contributed by atoms with E-state index in [4.69, 9.17) is 5.11 Å². The number of halogens is 2. The first-order valence-corrected chi connectivity index (χ1v) is 5.07. The van der Waals surface area contributed by atoms with Crippen LogP contribution < -0.4 is 0 Å². The van der Waals surface area contributed by atoms with Crippen LogP contribution in [0.1, 0.15) is 12.8 Å². The number of rotatable bonds is 1. The Bertz CT molecular complexity index is 145. The van der Waals surface area contributed by atoms with Crippen molar-refractivity contribution in [1.82, 2.24) is 0 Å². The molecule has 58 valence electrons. The van der Waals surface area contributed by atoms with Gasteiger partial charge in [0.15, 0.2) is 0 Å². The molecule has 0 heterocycles. The van der Waals surface area contributed by atoms with Gasteiger partial charge in [0.2, 0.25) is 0 Å². The van der Waals surface area contributed by atoms with Gasteiger partial charge in [-0.3, -0.25) is 0 Å². The van der Waals surface area contributed by atoms with Gasteiger partial charge in [-0.15, -0.1) is 0 Å². The van der Waals surface area contributed by atoms with Crippen molar-refractivity contribution in [1.29, 1.82) is 0 Å². The summed E-state index contributed by atoms with van der Waals surface area (Å²) in [4.78, 5) is 0.442. The number of hydrogen-bond acceptors (Lipinski definition) is 1. The molecule has 0 bridgehead atoms. The first-order valence-electron chi connectivity index (χ1n) is 3.36. The van der Waals surface area contributed by atoms with Crippen molar-refractivity contribution in [2.75, 3.05) is 6.61 Å². The van der Waals surface area contributed by atoms with Crippen LogP contribution in [0, 0.1) is 5.92 Å². The zero-order valence-corrected chi connectivity index (χ0v) is 8.73. The quantitative estimate of drug-likeness (QED) is 0.725. The number of aliphatic hydroxyl groups excluding tert-OH is 1. The summed E-state index contributed by atoms with van der Waals surface area (Å²) in [5, 5.41) is 8.93. The molecule has 0 radical (unpaired) electrons. The minimum atomic E-state index is 0.229. The molecule has 0 amide bonds. The monoisotopic (exact) mass is 268 g/mol. The second-order valence-electron chi connectivity index (χ2n) is 2.47. The molecule has 1 nitrogen and oxygen atoms in total. The Morgan fingerprint density at radius 1 is 1.70 bits per heavy atom. The topological polar surface area (TPSA) is 20.2 Å². The molecule has 0 aromatic heterocycles. The van der Waals surface area contributed by atoms with Gasteiger partial charge in [-0.1, -0.05) is 37.9 Å². The minimum absolute atomic E-state index is 0.229. The molecule has 3 heteroatoms. The summed E-state index contributed by atoms with van der Waals surface area (Å²) < 4.78 is 1.14. The maximum absolute atomic E-state index is 8.93. The van der Waals surface area contributed by atoms with Crippen LogP contribution >= 0.6 is 31.9 Å². The van der Waals surface area contributed by atoms with Crippen LogP contribution in [-0.4, -0.2) is 16.5 Å². The van der Waals surface area contributed by atoms with Crippen LogP contribution in [0.5, 0.6) is 0 Å². The van der Waals surface area contributed by atoms with E-state index in [-0.39, 0.29) is 12.5 Å². The average Bonchev–Trinajstić information content (AvgIpc) is 1.88. The smallest absolute Gasteiger partial charge is 0.0515 e. The predicted octanol–water partition coefficient (Wildman–Crippen LogP) is 2.43. The highest BCUT2D eigenvalue weighted by Crippen LogP contribution is 2.33. The highest BCUT2D eigenvalue weighted by molar-refractivity contribution is 9.12. The van der Waals surface area contributed by atoms with E-state index < -0.39 is 0 Å². The van der Waals surface area contributed by atoms with E-state index in [2.05, 4.69) is 37.9 Å². The van der Waals surface area contributed by atoms with E-state index in [0.717, 1.165) is 17.3 Å². The Labute approximate surface area is 77.8 Å². The molecule has 10 heavy (non-hydrogen) atoms. The number of allylic oxidation sites excluding steroid dienone is 1. The second kappa shape index (κ2) is 3.88. The molecule has 0 aliphatic heterocycles. The van der Waals surface area contributed by atoms with E-state index >= 15 is 0 Å². The summed E-state index contributed by atoms with van der Waals surface area (Å²) in [6.07, 6.45) is 4.37. The second-order valence-corrected chi connectivity index (χ2v) is 4.56. The fraction of sp³-hybridized carbons (Fsp3) is 0.714. The predicted molar refractivity (Wildman–Crippen MR) is 49.5 cm³/mol. The Kier molecular flexibility index (Phi) is 3.40. The van der Waals surface area contributed by atoms with Gasteiger partial charge in [0.25, 0.3) is 0 Å². The van der Waals surface area contributed by atoms with Crippen LogP contribution in [0.25, 0.3) is 0 Å².